The topological polar surface area (TPSA) is 66.0 Å². The van der Waals surface area contributed by atoms with Crippen LogP contribution in [0.25, 0.3) is 0 Å². The molecule has 0 aliphatic rings. The van der Waals surface area contributed by atoms with Crippen LogP contribution in [0.2, 0.25) is 0 Å². The van der Waals surface area contributed by atoms with E-state index in [4.69, 9.17) is 10.5 Å². The van der Waals surface area contributed by atoms with Gasteiger partial charge >= 0.3 is 0 Å². The Bertz CT molecular complexity index is 553. The molecular weight excluding hydrogens is 308 g/mol. The van der Waals surface area contributed by atoms with Gasteiger partial charge in [-0.3, -0.25) is 4.68 Å². The molecule has 0 fully saturated rings. The van der Waals surface area contributed by atoms with E-state index in [1.807, 2.05) is 38.4 Å². The number of ether oxygens (including phenoxy) is 1. The number of hydrogen-bond acceptors (Lipinski definition) is 4. The number of aromatic nitrogens is 3. The van der Waals surface area contributed by atoms with Gasteiger partial charge in [0.15, 0.2) is 0 Å². The first-order valence-corrected chi connectivity index (χ1v) is 6.86. The molecule has 2 rings (SSSR count). The fraction of sp³-hybridized carbons (Fsp3) is 0.385. The predicted octanol–water partition coefficient (Wildman–Crippen LogP) is 2.05. The molecule has 0 saturated carbocycles. The van der Waals surface area contributed by atoms with Crippen LogP contribution in [0.15, 0.2) is 28.9 Å². The summed E-state index contributed by atoms with van der Waals surface area (Å²) < 4.78 is 8.48. The molecule has 0 amide bonds. The second-order valence-corrected chi connectivity index (χ2v) is 5.52. The Morgan fingerprint density at radius 3 is 2.89 bits per heavy atom. The molecular formula is C13H17BrN4O. The first-order chi connectivity index (χ1) is 9.04. The van der Waals surface area contributed by atoms with Crippen molar-refractivity contribution in [3.63, 3.8) is 0 Å². The van der Waals surface area contributed by atoms with Crippen molar-refractivity contribution >= 4 is 15.9 Å². The summed E-state index contributed by atoms with van der Waals surface area (Å²) in [7, 11) is 1.83. The number of benzene rings is 1. The van der Waals surface area contributed by atoms with E-state index in [0.29, 0.717) is 6.61 Å². The van der Waals surface area contributed by atoms with E-state index >= 15 is 0 Å². The van der Waals surface area contributed by atoms with Crippen molar-refractivity contribution in [3.05, 3.63) is 40.1 Å². The minimum Gasteiger partial charge on any atom is -0.487 e. The Hall–Kier alpha value is -1.40. The first-order valence-electron chi connectivity index (χ1n) is 6.06. The van der Waals surface area contributed by atoms with Crippen LogP contribution in [0.3, 0.4) is 0 Å². The maximum absolute atomic E-state index is 5.86. The molecule has 1 atom stereocenters. The van der Waals surface area contributed by atoms with E-state index in [1.54, 1.807) is 4.68 Å². The summed E-state index contributed by atoms with van der Waals surface area (Å²) in [6, 6.07) is 6.03. The number of nitrogens with zero attached hydrogens (tertiary/aromatic N) is 3. The summed E-state index contributed by atoms with van der Waals surface area (Å²) in [5.74, 6) is 0.839. The van der Waals surface area contributed by atoms with Gasteiger partial charge in [-0.25, -0.2) is 0 Å². The SMILES string of the molecule is CC(N)Cc1cc(Br)ccc1OCc1cn(C)nn1. The van der Waals surface area contributed by atoms with Crippen molar-refractivity contribution in [2.75, 3.05) is 0 Å². The largest absolute Gasteiger partial charge is 0.487 e. The molecule has 0 saturated heterocycles. The second kappa shape index (κ2) is 6.16. The number of hydrogen-bond donors (Lipinski definition) is 1. The maximum Gasteiger partial charge on any atom is 0.134 e. The highest BCUT2D eigenvalue weighted by atomic mass is 79.9. The van der Waals surface area contributed by atoms with Gasteiger partial charge in [-0.15, -0.1) is 5.10 Å². The highest BCUT2D eigenvalue weighted by molar-refractivity contribution is 9.10. The lowest BCUT2D eigenvalue weighted by molar-refractivity contribution is 0.297. The monoisotopic (exact) mass is 324 g/mol. The summed E-state index contributed by atoms with van der Waals surface area (Å²) in [6.07, 6.45) is 2.61. The van der Waals surface area contributed by atoms with E-state index in [-0.39, 0.29) is 6.04 Å². The van der Waals surface area contributed by atoms with Gasteiger partial charge in [0.1, 0.15) is 18.1 Å². The first kappa shape index (κ1) is 14.0. The van der Waals surface area contributed by atoms with E-state index in [9.17, 15) is 0 Å². The fourth-order valence-corrected chi connectivity index (χ4v) is 2.22. The normalized spacial score (nSPS) is 12.4. The van der Waals surface area contributed by atoms with E-state index in [1.165, 1.54) is 0 Å². The van der Waals surface area contributed by atoms with Crippen LogP contribution < -0.4 is 10.5 Å². The van der Waals surface area contributed by atoms with Crippen molar-refractivity contribution < 1.29 is 4.74 Å². The third-order valence-electron chi connectivity index (χ3n) is 2.59. The Morgan fingerprint density at radius 1 is 1.47 bits per heavy atom. The van der Waals surface area contributed by atoms with Crippen LogP contribution in [-0.2, 0) is 20.1 Å². The fourth-order valence-electron chi connectivity index (χ4n) is 1.81. The summed E-state index contributed by atoms with van der Waals surface area (Å²) in [5.41, 5.74) is 7.75. The van der Waals surface area contributed by atoms with Crippen LogP contribution >= 0.6 is 15.9 Å². The van der Waals surface area contributed by atoms with Gasteiger partial charge in [-0.05, 0) is 37.1 Å². The van der Waals surface area contributed by atoms with E-state index in [0.717, 1.165) is 27.9 Å². The summed E-state index contributed by atoms with van der Waals surface area (Å²) in [5, 5.41) is 7.87. The third-order valence-corrected chi connectivity index (χ3v) is 3.08. The molecule has 0 radical (unpaired) electrons. The molecule has 2 aromatic rings. The molecule has 19 heavy (non-hydrogen) atoms. The quantitative estimate of drug-likeness (QED) is 0.914. The van der Waals surface area contributed by atoms with Crippen molar-refractivity contribution in [2.24, 2.45) is 12.8 Å². The Morgan fingerprint density at radius 2 is 2.26 bits per heavy atom. The van der Waals surface area contributed by atoms with Crippen molar-refractivity contribution in [2.45, 2.75) is 26.0 Å². The lowest BCUT2D eigenvalue weighted by Crippen LogP contribution is -2.18. The van der Waals surface area contributed by atoms with Crippen LogP contribution in [0.5, 0.6) is 5.75 Å². The van der Waals surface area contributed by atoms with Gasteiger partial charge in [0.25, 0.3) is 0 Å². The van der Waals surface area contributed by atoms with Crippen molar-refractivity contribution in [1.29, 1.82) is 0 Å². The average molecular weight is 325 g/mol. The van der Waals surface area contributed by atoms with Crippen molar-refractivity contribution in [1.82, 2.24) is 15.0 Å². The van der Waals surface area contributed by atoms with Gasteiger partial charge < -0.3 is 10.5 Å². The zero-order valence-electron chi connectivity index (χ0n) is 11.0. The number of halogens is 1. The molecule has 102 valence electrons. The lowest BCUT2D eigenvalue weighted by atomic mass is 10.1. The smallest absolute Gasteiger partial charge is 0.134 e. The third kappa shape index (κ3) is 4.04. The zero-order chi connectivity index (χ0) is 13.8. The molecule has 6 heteroatoms. The Balaban J connectivity index is 2.10. The summed E-state index contributed by atoms with van der Waals surface area (Å²) in [6.45, 7) is 2.38. The van der Waals surface area contributed by atoms with Gasteiger partial charge in [0, 0.05) is 17.6 Å². The van der Waals surface area contributed by atoms with Crippen LogP contribution in [0, 0.1) is 0 Å². The molecule has 5 nitrogen and oxygen atoms in total. The minimum atomic E-state index is 0.0909. The molecule has 1 aromatic heterocycles. The predicted molar refractivity (Wildman–Crippen MR) is 76.8 cm³/mol. The molecule has 2 N–H and O–H groups in total. The molecule has 0 bridgehead atoms. The number of nitrogens with two attached hydrogens (primary N) is 1. The lowest BCUT2D eigenvalue weighted by Gasteiger charge is -2.12. The molecule has 0 aliphatic carbocycles. The summed E-state index contributed by atoms with van der Waals surface area (Å²) >= 11 is 3.46. The highest BCUT2D eigenvalue weighted by Crippen LogP contribution is 2.25. The molecule has 0 aliphatic heterocycles. The second-order valence-electron chi connectivity index (χ2n) is 4.61. The Kier molecular flexibility index (Phi) is 4.55. The molecule has 1 heterocycles. The zero-order valence-corrected chi connectivity index (χ0v) is 12.6. The van der Waals surface area contributed by atoms with E-state index < -0.39 is 0 Å². The standard InChI is InChI=1S/C13H17BrN4O/c1-9(15)5-10-6-11(14)3-4-13(10)19-8-12-7-18(2)17-16-12/h3-4,6-7,9H,5,8,15H2,1-2H3. The van der Waals surface area contributed by atoms with Crippen LogP contribution in [0.4, 0.5) is 0 Å². The van der Waals surface area contributed by atoms with Gasteiger partial charge in [-0.1, -0.05) is 21.1 Å². The minimum absolute atomic E-state index is 0.0909. The number of rotatable bonds is 5. The van der Waals surface area contributed by atoms with Gasteiger partial charge in [0.2, 0.25) is 0 Å². The average Bonchev–Trinajstić information content (AvgIpc) is 2.73. The van der Waals surface area contributed by atoms with Crippen LogP contribution in [-0.4, -0.2) is 21.0 Å². The van der Waals surface area contributed by atoms with Gasteiger partial charge in [-0.2, -0.15) is 0 Å². The van der Waals surface area contributed by atoms with E-state index in [2.05, 4.69) is 26.2 Å². The van der Waals surface area contributed by atoms with Crippen molar-refractivity contribution in [3.8, 4) is 5.75 Å². The van der Waals surface area contributed by atoms with Crippen LogP contribution in [0.1, 0.15) is 18.2 Å². The molecule has 1 aromatic carbocycles. The Labute approximate surface area is 120 Å². The van der Waals surface area contributed by atoms with Gasteiger partial charge in [0.05, 0.1) is 6.20 Å². The maximum atomic E-state index is 5.86. The summed E-state index contributed by atoms with van der Waals surface area (Å²) in [4.78, 5) is 0. The molecule has 1 unspecified atom stereocenters. The molecule has 0 spiro atoms. The number of aryl methyl sites for hydroxylation is 1. The highest BCUT2D eigenvalue weighted by Gasteiger charge is 2.08.